The lowest BCUT2D eigenvalue weighted by molar-refractivity contribution is -0.116. The second-order valence-corrected chi connectivity index (χ2v) is 5.00. The minimum Gasteiger partial charge on any atom is -0.325 e. The molecule has 0 saturated heterocycles. The summed E-state index contributed by atoms with van der Waals surface area (Å²) in [5.41, 5.74) is 0.900. The molecule has 1 aromatic carbocycles. The molecule has 3 rings (SSSR count). The third kappa shape index (κ3) is 2.94. The van der Waals surface area contributed by atoms with Gasteiger partial charge >= 0.3 is 0 Å². The van der Waals surface area contributed by atoms with Crippen molar-refractivity contribution in [3.63, 3.8) is 0 Å². The summed E-state index contributed by atoms with van der Waals surface area (Å²) < 4.78 is 13.0. The highest BCUT2D eigenvalue weighted by molar-refractivity contribution is 6.21. The Balaban J connectivity index is 1.62. The maximum Gasteiger partial charge on any atom is 0.261 e. The first-order chi connectivity index (χ1) is 11.1. The Morgan fingerprint density at radius 1 is 1.13 bits per heavy atom. The van der Waals surface area contributed by atoms with Gasteiger partial charge in [-0.1, -0.05) is 12.1 Å². The van der Waals surface area contributed by atoms with E-state index in [2.05, 4.69) is 10.3 Å². The lowest BCUT2D eigenvalue weighted by Gasteiger charge is -2.13. The highest BCUT2D eigenvalue weighted by Crippen LogP contribution is 2.22. The average molecular weight is 313 g/mol. The molecule has 1 aliphatic rings. The van der Waals surface area contributed by atoms with Crippen LogP contribution in [0.15, 0.2) is 42.7 Å². The van der Waals surface area contributed by atoms with Crippen LogP contribution in [0.3, 0.4) is 0 Å². The second kappa shape index (κ2) is 5.96. The Morgan fingerprint density at radius 3 is 2.39 bits per heavy atom. The molecule has 1 aromatic heterocycles. The molecular weight excluding hydrogens is 301 g/mol. The van der Waals surface area contributed by atoms with Crippen LogP contribution in [0.2, 0.25) is 0 Å². The summed E-state index contributed by atoms with van der Waals surface area (Å²) in [5.74, 6) is -1.83. The summed E-state index contributed by atoms with van der Waals surface area (Å²) in [4.78, 5) is 40.8. The Hall–Kier alpha value is -3.09. The molecule has 2 aromatic rings. The van der Waals surface area contributed by atoms with Gasteiger partial charge in [0.25, 0.3) is 11.8 Å². The van der Waals surface area contributed by atoms with E-state index in [1.807, 2.05) is 0 Å². The van der Waals surface area contributed by atoms with Crippen molar-refractivity contribution < 1.29 is 18.8 Å². The summed E-state index contributed by atoms with van der Waals surface area (Å²) >= 11 is 0. The van der Waals surface area contributed by atoms with Gasteiger partial charge in [0.05, 0.1) is 29.2 Å². The third-order valence-electron chi connectivity index (χ3n) is 3.43. The van der Waals surface area contributed by atoms with Gasteiger partial charge < -0.3 is 5.32 Å². The molecule has 0 saturated carbocycles. The van der Waals surface area contributed by atoms with Crippen LogP contribution in [0, 0.1) is 5.82 Å². The van der Waals surface area contributed by atoms with E-state index in [-0.39, 0.29) is 18.7 Å². The van der Waals surface area contributed by atoms with Crippen molar-refractivity contribution in [2.24, 2.45) is 0 Å². The summed E-state index contributed by atoms with van der Waals surface area (Å²) in [6.07, 6.45) is 2.25. The molecule has 116 valence electrons. The number of halogens is 1. The standard InChI is InChI=1S/C16H12FN3O3/c17-10-7-11(9-18-8-10)19-14(21)5-6-20-15(22)12-3-1-2-4-13(12)16(20)23/h1-4,7-9H,5-6H2,(H,19,21). The van der Waals surface area contributed by atoms with Crippen molar-refractivity contribution in [1.29, 1.82) is 0 Å². The molecule has 0 atom stereocenters. The number of imide groups is 1. The molecule has 2 heterocycles. The van der Waals surface area contributed by atoms with Crippen LogP contribution in [0.25, 0.3) is 0 Å². The first kappa shape index (κ1) is 14.8. The Morgan fingerprint density at radius 2 is 1.78 bits per heavy atom. The number of anilines is 1. The molecule has 1 N–H and O–H groups in total. The van der Waals surface area contributed by atoms with Crippen LogP contribution in [0.5, 0.6) is 0 Å². The van der Waals surface area contributed by atoms with Gasteiger partial charge in [0.15, 0.2) is 0 Å². The Labute approximate surface area is 130 Å². The van der Waals surface area contributed by atoms with Gasteiger partial charge in [-0.2, -0.15) is 0 Å². The number of amides is 3. The molecule has 0 aliphatic carbocycles. The van der Waals surface area contributed by atoms with E-state index in [0.29, 0.717) is 11.1 Å². The first-order valence-corrected chi connectivity index (χ1v) is 6.92. The zero-order valence-electron chi connectivity index (χ0n) is 12.0. The van der Waals surface area contributed by atoms with Crippen LogP contribution in [-0.2, 0) is 4.79 Å². The Kier molecular flexibility index (Phi) is 3.84. The van der Waals surface area contributed by atoms with E-state index >= 15 is 0 Å². The molecule has 3 amide bonds. The van der Waals surface area contributed by atoms with Crippen LogP contribution in [-0.4, -0.2) is 34.2 Å². The Bertz CT molecular complexity index is 772. The molecule has 1 aliphatic heterocycles. The zero-order valence-corrected chi connectivity index (χ0v) is 12.0. The molecule has 23 heavy (non-hydrogen) atoms. The van der Waals surface area contributed by atoms with E-state index in [1.54, 1.807) is 24.3 Å². The molecular formula is C16H12FN3O3. The largest absolute Gasteiger partial charge is 0.325 e. The van der Waals surface area contributed by atoms with Gasteiger partial charge in [0.1, 0.15) is 5.82 Å². The molecule has 0 radical (unpaired) electrons. The van der Waals surface area contributed by atoms with Crippen LogP contribution in [0.1, 0.15) is 27.1 Å². The molecule has 0 unspecified atom stereocenters. The van der Waals surface area contributed by atoms with Crippen LogP contribution in [0.4, 0.5) is 10.1 Å². The fraction of sp³-hybridized carbons (Fsp3) is 0.125. The SMILES string of the molecule is O=C(CCN1C(=O)c2ccccc2C1=O)Nc1cncc(F)c1. The van der Waals surface area contributed by atoms with Crippen molar-refractivity contribution in [1.82, 2.24) is 9.88 Å². The first-order valence-electron chi connectivity index (χ1n) is 6.92. The number of pyridine rings is 1. The predicted octanol–water partition coefficient (Wildman–Crippen LogP) is 1.85. The molecule has 6 nitrogen and oxygen atoms in total. The number of rotatable bonds is 4. The minimum absolute atomic E-state index is 0.0407. The molecule has 0 fully saturated rings. The number of nitrogens with one attached hydrogen (secondary N) is 1. The predicted molar refractivity (Wildman–Crippen MR) is 79.3 cm³/mol. The molecule has 0 spiro atoms. The number of carbonyl (C=O) groups is 3. The number of fused-ring (bicyclic) bond motifs is 1. The van der Waals surface area contributed by atoms with E-state index in [1.165, 1.54) is 6.20 Å². The normalized spacial score (nSPS) is 13.2. The monoisotopic (exact) mass is 313 g/mol. The van der Waals surface area contributed by atoms with Crippen LogP contribution < -0.4 is 5.32 Å². The summed E-state index contributed by atoms with van der Waals surface area (Å²) in [6, 6.07) is 7.64. The average Bonchev–Trinajstić information content (AvgIpc) is 2.77. The van der Waals surface area contributed by atoms with Crippen LogP contribution >= 0.6 is 0 Å². The number of hydrogen-bond donors (Lipinski definition) is 1. The second-order valence-electron chi connectivity index (χ2n) is 5.00. The zero-order chi connectivity index (χ0) is 16.4. The third-order valence-corrected chi connectivity index (χ3v) is 3.43. The van der Waals surface area contributed by atoms with Gasteiger partial charge in [0.2, 0.25) is 5.91 Å². The lowest BCUT2D eigenvalue weighted by atomic mass is 10.1. The number of aromatic nitrogens is 1. The van der Waals surface area contributed by atoms with Crippen molar-refractivity contribution in [3.05, 3.63) is 59.7 Å². The van der Waals surface area contributed by atoms with E-state index < -0.39 is 23.5 Å². The van der Waals surface area contributed by atoms with Crippen molar-refractivity contribution >= 4 is 23.4 Å². The van der Waals surface area contributed by atoms with E-state index in [9.17, 15) is 18.8 Å². The maximum absolute atomic E-state index is 13.0. The molecule has 0 bridgehead atoms. The van der Waals surface area contributed by atoms with Crippen molar-refractivity contribution in [2.45, 2.75) is 6.42 Å². The highest BCUT2D eigenvalue weighted by atomic mass is 19.1. The summed E-state index contributed by atoms with van der Waals surface area (Å²) in [7, 11) is 0. The smallest absolute Gasteiger partial charge is 0.261 e. The van der Waals surface area contributed by atoms with E-state index in [4.69, 9.17) is 0 Å². The summed E-state index contributed by atoms with van der Waals surface area (Å²) in [5, 5.41) is 2.47. The minimum atomic E-state index is -0.567. The fourth-order valence-corrected chi connectivity index (χ4v) is 2.36. The van der Waals surface area contributed by atoms with Gasteiger partial charge in [-0.3, -0.25) is 24.3 Å². The number of hydrogen-bond acceptors (Lipinski definition) is 4. The van der Waals surface area contributed by atoms with Crippen molar-refractivity contribution in [2.75, 3.05) is 11.9 Å². The number of carbonyl (C=O) groups excluding carboxylic acids is 3. The van der Waals surface area contributed by atoms with Gasteiger partial charge in [-0.15, -0.1) is 0 Å². The fourth-order valence-electron chi connectivity index (χ4n) is 2.36. The van der Waals surface area contributed by atoms with E-state index in [0.717, 1.165) is 17.2 Å². The summed E-state index contributed by atoms with van der Waals surface area (Å²) in [6.45, 7) is -0.0407. The van der Waals surface area contributed by atoms with Gasteiger partial charge in [-0.25, -0.2) is 4.39 Å². The van der Waals surface area contributed by atoms with Gasteiger partial charge in [-0.05, 0) is 12.1 Å². The lowest BCUT2D eigenvalue weighted by Crippen LogP contribution is -2.32. The highest BCUT2D eigenvalue weighted by Gasteiger charge is 2.34. The van der Waals surface area contributed by atoms with Gasteiger partial charge in [0, 0.05) is 19.0 Å². The quantitative estimate of drug-likeness (QED) is 0.874. The number of nitrogens with zero attached hydrogens (tertiary/aromatic N) is 2. The van der Waals surface area contributed by atoms with Crippen molar-refractivity contribution in [3.8, 4) is 0 Å². The number of benzene rings is 1. The topological polar surface area (TPSA) is 79.4 Å². The molecule has 7 heteroatoms. The maximum atomic E-state index is 13.0.